The van der Waals surface area contributed by atoms with Crippen LogP contribution in [-0.4, -0.2) is 98.8 Å². The third-order valence-corrected chi connectivity index (χ3v) is 12.6. The van der Waals surface area contributed by atoms with Gasteiger partial charge in [-0.3, -0.25) is 34.0 Å². The summed E-state index contributed by atoms with van der Waals surface area (Å²) in [6.07, 6.45) is -8.28. The highest BCUT2D eigenvalue weighted by Gasteiger charge is 2.52. The average Bonchev–Trinajstić information content (AvgIpc) is 3.99. The molecule has 0 aliphatic carbocycles. The van der Waals surface area contributed by atoms with Crippen LogP contribution in [0.5, 0.6) is 5.75 Å². The molecule has 2 aliphatic heterocycles. The number of amides is 4. The summed E-state index contributed by atoms with van der Waals surface area (Å²) in [5, 5.41) is 24.4. The molecule has 2 aromatic heterocycles. The van der Waals surface area contributed by atoms with Gasteiger partial charge in [-0.05, 0) is 74.7 Å². The van der Waals surface area contributed by atoms with E-state index in [0.29, 0.717) is 29.5 Å². The van der Waals surface area contributed by atoms with E-state index in [1.165, 1.54) is 36.2 Å². The number of nitrogens with zero attached hydrogens (tertiary/aromatic N) is 6. The molecular formula is C46H46F8N8O7S2. The van der Waals surface area contributed by atoms with E-state index < -0.39 is 122 Å². The van der Waals surface area contributed by atoms with Crippen molar-refractivity contribution in [2.45, 2.75) is 96.5 Å². The molecule has 0 bridgehead atoms. The molecule has 0 radical (unpaired) electrons. The van der Waals surface area contributed by atoms with Gasteiger partial charge in [-0.2, -0.15) is 31.6 Å². The van der Waals surface area contributed by atoms with Crippen molar-refractivity contribution in [1.29, 1.82) is 5.26 Å². The first-order valence-electron chi connectivity index (χ1n) is 21.7. The van der Waals surface area contributed by atoms with Crippen molar-refractivity contribution in [3.63, 3.8) is 0 Å². The number of pyridine rings is 1. The van der Waals surface area contributed by atoms with Crippen LogP contribution in [0.25, 0.3) is 11.3 Å². The van der Waals surface area contributed by atoms with Crippen LogP contribution in [0.2, 0.25) is 0 Å². The first-order valence-corrected chi connectivity index (χ1v) is 22.9. The molecule has 2 saturated heterocycles. The number of rotatable bonds is 16. The van der Waals surface area contributed by atoms with Crippen LogP contribution in [-0.2, 0) is 42.8 Å². The van der Waals surface area contributed by atoms with Crippen LogP contribution in [0.3, 0.4) is 0 Å². The molecular weight excluding hydrogens is 993 g/mol. The van der Waals surface area contributed by atoms with Gasteiger partial charge in [0.25, 0.3) is 5.91 Å². The molecule has 6 rings (SSSR count). The molecule has 2 aromatic carbocycles. The molecule has 0 spiro atoms. The summed E-state index contributed by atoms with van der Waals surface area (Å²) in [5.74, 6) is -6.20. The Bertz CT molecular complexity index is 2730. The zero-order chi connectivity index (χ0) is 52.4. The maximum absolute atomic E-state index is 15.9. The lowest BCUT2D eigenvalue weighted by molar-refractivity contribution is -0.144. The quantitative estimate of drug-likeness (QED) is 0.0578. The van der Waals surface area contributed by atoms with Crippen LogP contribution >= 0.6 is 23.6 Å². The van der Waals surface area contributed by atoms with Crippen molar-refractivity contribution in [1.82, 2.24) is 25.5 Å². The summed E-state index contributed by atoms with van der Waals surface area (Å²) >= 11 is 6.71. The van der Waals surface area contributed by atoms with E-state index in [4.69, 9.17) is 27.0 Å². The van der Waals surface area contributed by atoms with Crippen LogP contribution < -0.4 is 25.2 Å². The number of halogens is 8. The third kappa shape index (κ3) is 11.9. The van der Waals surface area contributed by atoms with Gasteiger partial charge in [-0.25, -0.2) is 8.78 Å². The van der Waals surface area contributed by atoms with Gasteiger partial charge in [0, 0.05) is 42.3 Å². The Morgan fingerprint density at radius 2 is 1.73 bits per heavy atom. The molecule has 380 valence electrons. The highest BCUT2D eigenvalue weighted by molar-refractivity contribution is 7.81. The average molecular weight is 1040 g/mol. The molecule has 4 heterocycles. The zero-order valence-corrected chi connectivity index (χ0v) is 40.1. The van der Waals surface area contributed by atoms with Crippen molar-refractivity contribution in [2.75, 3.05) is 36.2 Å². The lowest BCUT2D eigenvalue weighted by atomic mass is 9.85. The SMILES string of the molecule is CC(C)(C)[C@H](NC(=O)COCCCCOc1ccc(-c2ncc(N3C(=S)N(c4ccc(C#N)c(C(F)(F)F)c4F)C(=O)C3(C)C)cc2F)c(C(F)(F)F)c1)C(=O)N1C[C@H](O)C[C@H]1C(=O)NCc1cncs1. The molecule has 4 amide bonds. The molecule has 15 nitrogen and oxygen atoms in total. The standard InChI is InChI=1S/C46H46F8N8O7S2/c1-43(2,3)38(40(66)60-21-26(63)15-33(60)39(65)58-20-28-19-56-23-71-28)59-34(64)22-68-12-6-7-13-69-27-9-10-29(30(16-27)45(49,50)51)37-31(47)14-25(18-57-37)62-42(70)61(41(67)44(62,4)5)32-11-8-24(17-55)35(36(32)48)46(52,53)54/h8-11,14,16,18-19,23,26,33,38,63H,6-7,12-13,15,20-22H2,1-5H3,(H,58,65)(H,59,64)/t26-,33+,38-/m1/s1. The molecule has 3 N–H and O–H groups in total. The summed E-state index contributed by atoms with van der Waals surface area (Å²) < 4.78 is 127. The number of thiazole rings is 1. The fraction of sp³-hybridized carbons (Fsp3) is 0.435. The van der Waals surface area contributed by atoms with E-state index >= 15 is 8.78 Å². The first kappa shape index (κ1) is 54.0. The minimum atomic E-state index is -5.34. The van der Waals surface area contributed by atoms with Gasteiger partial charge in [-0.1, -0.05) is 20.8 Å². The van der Waals surface area contributed by atoms with Crippen LogP contribution in [0, 0.1) is 28.4 Å². The predicted octanol–water partition coefficient (Wildman–Crippen LogP) is 7.29. The maximum Gasteiger partial charge on any atom is 0.420 e. The Balaban J connectivity index is 1.04. The molecule has 4 aromatic rings. The van der Waals surface area contributed by atoms with Gasteiger partial charge in [0.1, 0.15) is 41.2 Å². The predicted molar refractivity (Wildman–Crippen MR) is 244 cm³/mol. The second-order valence-corrected chi connectivity index (χ2v) is 19.4. The number of hydrogen-bond acceptors (Lipinski definition) is 12. The first-order chi connectivity index (χ1) is 33.2. The monoisotopic (exact) mass is 1040 g/mol. The molecule has 2 aliphatic rings. The number of hydrogen-bond donors (Lipinski definition) is 3. The number of unbranched alkanes of at least 4 members (excludes halogenated alkanes) is 1. The van der Waals surface area contributed by atoms with Gasteiger partial charge >= 0.3 is 12.4 Å². The number of ether oxygens (including phenoxy) is 2. The van der Waals surface area contributed by atoms with Gasteiger partial charge in [0.15, 0.2) is 16.7 Å². The number of aliphatic hydroxyl groups is 1. The van der Waals surface area contributed by atoms with Gasteiger partial charge in [-0.15, -0.1) is 11.3 Å². The Morgan fingerprint density at radius 3 is 2.35 bits per heavy atom. The molecule has 3 atom stereocenters. The fourth-order valence-corrected chi connectivity index (χ4v) is 9.01. The van der Waals surface area contributed by atoms with Crippen LogP contribution in [0.4, 0.5) is 46.5 Å². The Hall–Kier alpha value is -6.36. The highest BCUT2D eigenvalue weighted by atomic mass is 32.1. The smallest absolute Gasteiger partial charge is 0.420 e. The number of alkyl halides is 6. The molecule has 71 heavy (non-hydrogen) atoms. The second-order valence-electron chi connectivity index (χ2n) is 18.0. The zero-order valence-electron chi connectivity index (χ0n) is 38.5. The lowest BCUT2D eigenvalue weighted by Crippen LogP contribution is -2.58. The molecule has 2 fully saturated rings. The van der Waals surface area contributed by atoms with Gasteiger partial charge < -0.3 is 35.0 Å². The number of nitriles is 1. The number of aromatic nitrogens is 2. The fourth-order valence-electron chi connectivity index (χ4n) is 7.96. The summed E-state index contributed by atoms with van der Waals surface area (Å²) in [7, 11) is 0. The van der Waals surface area contributed by atoms with E-state index in [-0.39, 0.29) is 50.6 Å². The summed E-state index contributed by atoms with van der Waals surface area (Å²) in [4.78, 5) is 64.7. The number of aliphatic hydroxyl groups excluding tert-OH is 1. The van der Waals surface area contributed by atoms with Gasteiger partial charge in [0.05, 0.1) is 59.5 Å². The minimum Gasteiger partial charge on any atom is -0.494 e. The lowest BCUT2D eigenvalue weighted by Gasteiger charge is -2.35. The number of nitrogens with one attached hydrogen (secondary N) is 2. The third-order valence-electron chi connectivity index (χ3n) is 11.5. The Kier molecular flexibility index (Phi) is 16.1. The summed E-state index contributed by atoms with van der Waals surface area (Å²) in [6, 6.07) is 4.06. The highest BCUT2D eigenvalue weighted by Crippen LogP contribution is 2.44. The van der Waals surface area contributed by atoms with Crippen molar-refractivity contribution in [3.8, 4) is 23.1 Å². The topological polar surface area (TPSA) is 190 Å². The number of thiocarbonyl (C=S) groups is 1. The number of benzene rings is 2. The number of likely N-dealkylation sites (tertiary alicyclic amines) is 1. The van der Waals surface area contributed by atoms with E-state index in [1.54, 1.807) is 32.5 Å². The number of carbonyl (C=O) groups excluding carboxylic acids is 4. The van der Waals surface area contributed by atoms with E-state index in [2.05, 4.69) is 20.6 Å². The minimum absolute atomic E-state index is 0.0153. The summed E-state index contributed by atoms with van der Waals surface area (Å²) in [5.41, 5.74) is -8.03. The van der Waals surface area contributed by atoms with Crippen LogP contribution in [0.1, 0.15) is 75.4 Å². The molecule has 25 heteroatoms. The maximum atomic E-state index is 15.9. The Morgan fingerprint density at radius 1 is 1.03 bits per heavy atom. The summed E-state index contributed by atoms with van der Waals surface area (Å²) in [6.45, 7) is 7.23. The van der Waals surface area contributed by atoms with Crippen molar-refractivity contribution in [3.05, 3.63) is 87.5 Å². The number of anilines is 2. The number of β-amino-alcohol motifs (C(OH)–C–C–N with tert-alkyl or cyclic N) is 1. The number of carbonyl (C=O) groups is 4. The van der Waals surface area contributed by atoms with Gasteiger partial charge in [0.2, 0.25) is 17.7 Å². The van der Waals surface area contributed by atoms with Crippen molar-refractivity contribution < 1.29 is 68.9 Å². The molecule has 0 unspecified atom stereocenters. The van der Waals surface area contributed by atoms with Crippen molar-refractivity contribution >= 4 is 63.7 Å². The van der Waals surface area contributed by atoms with Crippen molar-refractivity contribution in [2.24, 2.45) is 5.41 Å². The second kappa shape index (κ2) is 21.2. The largest absolute Gasteiger partial charge is 0.494 e. The van der Waals surface area contributed by atoms with Crippen LogP contribution in [0.15, 0.2) is 54.3 Å². The van der Waals surface area contributed by atoms with E-state index in [0.717, 1.165) is 34.2 Å². The van der Waals surface area contributed by atoms with E-state index in [9.17, 15) is 50.6 Å². The molecule has 0 saturated carbocycles. The Labute approximate surface area is 410 Å². The van der Waals surface area contributed by atoms with E-state index in [1.807, 2.05) is 0 Å². The normalized spacial score (nSPS) is 17.6.